The van der Waals surface area contributed by atoms with Gasteiger partial charge in [-0.3, -0.25) is 19.2 Å². The molecule has 2 unspecified atom stereocenters. The topological polar surface area (TPSA) is 160 Å². The molecule has 48 heavy (non-hydrogen) atoms. The molecule has 12 heteroatoms. The molecule has 1 heterocycles. The quantitative estimate of drug-likeness (QED) is 0.101. The minimum atomic E-state index is -1.18. The van der Waals surface area contributed by atoms with E-state index in [1.165, 1.54) is 6.08 Å². The lowest BCUT2D eigenvalue weighted by atomic mass is 9.83. The molecule has 0 aromatic carbocycles. The first kappa shape index (κ1) is 37.8. The minimum Gasteiger partial charge on any atom is -0.616 e. The number of nitrogens with zero attached hydrogens (tertiary/aromatic N) is 1. The van der Waals surface area contributed by atoms with Gasteiger partial charge in [0, 0.05) is 19.5 Å². The molecular formula is C36H55N5O6S. The highest BCUT2D eigenvalue weighted by atomic mass is 32.2. The molecular weight excluding hydrogens is 630 g/mol. The highest BCUT2D eigenvalue weighted by Crippen LogP contribution is 2.78. The summed E-state index contributed by atoms with van der Waals surface area (Å²) in [5.74, 6) is 0.410. The average molecular weight is 686 g/mol. The van der Waals surface area contributed by atoms with Gasteiger partial charge in [-0.2, -0.15) is 0 Å². The van der Waals surface area contributed by atoms with Crippen LogP contribution in [0.25, 0.3) is 0 Å². The van der Waals surface area contributed by atoms with Crippen LogP contribution in [0, 0.1) is 35.0 Å². The van der Waals surface area contributed by atoms with E-state index in [-0.39, 0.29) is 42.5 Å². The number of hydrogen-bond acceptors (Lipinski definition) is 6. The van der Waals surface area contributed by atoms with E-state index in [1.54, 1.807) is 4.90 Å². The predicted octanol–water partition coefficient (Wildman–Crippen LogP) is 2.96. The summed E-state index contributed by atoms with van der Waals surface area (Å²) in [6.07, 6.45) is 13.4. The molecule has 4 N–H and O–H groups in total. The Bertz CT molecular complexity index is 1320. The Kier molecular flexibility index (Phi) is 11.4. The number of piperidine rings is 1. The number of amides is 5. The van der Waals surface area contributed by atoms with Gasteiger partial charge in [0.2, 0.25) is 17.6 Å². The maximum absolute atomic E-state index is 14.4. The lowest BCUT2D eigenvalue weighted by Crippen LogP contribution is -2.64. The van der Waals surface area contributed by atoms with Crippen molar-refractivity contribution in [2.75, 3.05) is 18.8 Å². The highest BCUT2D eigenvalue weighted by molar-refractivity contribution is 7.92. The molecule has 4 aliphatic rings. The first-order valence-electron chi connectivity index (χ1n) is 17.4. The van der Waals surface area contributed by atoms with Crippen molar-refractivity contribution < 1.29 is 28.5 Å². The molecule has 11 nitrogen and oxygen atoms in total. The van der Waals surface area contributed by atoms with Gasteiger partial charge in [-0.05, 0) is 86.7 Å². The van der Waals surface area contributed by atoms with Crippen LogP contribution in [0.1, 0.15) is 99.3 Å². The zero-order valence-electron chi connectivity index (χ0n) is 29.5. The number of rotatable bonds is 13. The van der Waals surface area contributed by atoms with E-state index < -0.39 is 68.6 Å². The number of carbonyl (C=O) groups excluding carboxylic acids is 5. The summed E-state index contributed by atoms with van der Waals surface area (Å²) in [7, 11) is 0. The van der Waals surface area contributed by atoms with Crippen LogP contribution in [0.15, 0.2) is 12.7 Å². The predicted molar refractivity (Wildman–Crippen MR) is 186 cm³/mol. The fourth-order valence-electron chi connectivity index (χ4n) is 7.73. The van der Waals surface area contributed by atoms with Gasteiger partial charge in [0.1, 0.15) is 22.6 Å². The van der Waals surface area contributed by atoms with Gasteiger partial charge in [-0.1, -0.05) is 46.1 Å². The number of Topliss-reactive ketones (excluding diaryl/α,β-unsaturated/α-hetero) is 1. The first-order chi connectivity index (χ1) is 22.4. The maximum atomic E-state index is 14.4. The summed E-state index contributed by atoms with van der Waals surface area (Å²) in [5.41, 5.74) is -1.31. The van der Waals surface area contributed by atoms with E-state index in [0.29, 0.717) is 25.1 Å². The second-order valence-electron chi connectivity index (χ2n) is 16.3. The molecule has 5 amide bonds. The Balaban J connectivity index is 1.53. The third-order valence-electron chi connectivity index (χ3n) is 10.7. The Labute approximate surface area is 289 Å². The molecule has 0 aromatic rings. The van der Waals surface area contributed by atoms with Crippen molar-refractivity contribution in [3.63, 3.8) is 0 Å². The van der Waals surface area contributed by atoms with E-state index in [1.807, 2.05) is 41.5 Å². The Morgan fingerprint density at radius 3 is 2.23 bits per heavy atom. The van der Waals surface area contributed by atoms with Crippen molar-refractivity contribution in [1.82, 2.24) is 26.2 Å². The molecule has 3 aliphatic carbocycles. The molecule has 1 aliphatic heterocycles. The molecule has 0 bridgehead atoms. The summed E-state index contributed by atoms with van der Waals surface area (Å²) in [5, 5.41) is 11.3. The minimum absolute atomic E-state index is 0.0382. The third kappa shape index (κ3) is 8.21. The van der Waals surface area contributed by atoms with Crippen molar-refractivity contribution in [3.05, 3.63) is 12.7 Å². The van der Waals surface area contributed by atoms with Crippen LogP contribution in [-0.4, -0.2) is 86.2 Å². The summed E-state index contributed by atoms with van der Waals surface area (Å²) >= 11 is -1.18. The monoisotopic (exact) mass is 685 g/mol. The van der Waals surface area contributed by atoms with Crippen molar-refractivity contribution >= 4 is 40.7 Å². The van der Waals surface area contributed by atoms with E-state index in [0.717, 1.165) is 32.1 Å². The van der Waals surface area contributed by atoms with Crippen LogP contribution in [0.2, 0.25) is 0 Å². The third-order valence-corrected chi connectivity index (χ3v) is 12.9. The van der Waals surface area contributed by atoms with Gasteiger partial charge in [-0.15, -0.1) is 18.9 Å². The van der Waals surface area contributed by atoms with E-state index in [2.05, 4.69) is 33.8 Å². The second-order valence-corrected chi connectivity index (χ2v) is 18.5. The summed E-state index contributed by atoms with van der Waals surface area (Å²) < 4.78 is 12.8. The Hall–Kier alpha value is -3.04. The number of nitrogens with one attached hydrogen (secondary N) is 4. The van der Waals surface area contributed by atoms with E-state index in [4.69, 9.17) is 6.42 Å². The molecule has 0 radical (unpaired) electrons. The van der Waals surface area contributed by atoms with E-state index >= 15 is 0 Å². The fourth-order valence-corrected chi connectivity index (χ4v) is 9.03. The van der Waals surface area contributed by atoms with Crippen molar-refractivity contribution in [2.24, 2.45) is 22.7 Å². The van der Waals surface area contributed by atoms with Gasteiger partial charge in [0.15, 0.2) is 0 Å². The molecule has 1 saturated heterocycles. The average Bonchev–Trinajstić information content (AvgIpc) is 3.87. The van der Waals surface area contributed by atoms with Gasteiger partial charge < -0.3 is 30.7 Å². The molecule has 4 fully saturated rings. The molecule has 266 valence electrons. The summed E-state index contributed by atoms with van der Waals surface area (Å²) in [6.45, 7) is 15.4. The number of terminal acetylenes is 1. The maximum Gasteiger partial charge on any atom is 0.316 e. The smallest absolute Gasteiger partial charge is 0.316 e. The fraction of sp³-hybridized carbons (Fsp3) is 0.750. The molecule has 1 spiro atoms. The van der Waals surface area contributed by atoms with Crippen LogP contribution >= 0.6 is 0 Å². The normalized spacial score (nSPS) is 25.4. The van der Waals surface area contributed by atoms with Crippen molar-refractivity contribution in [2.45, 2.75) is 128 Å². The highest BCUT2D eigenvalue weighted by Gasteiger charge is 2.79. The molecule has 6 atom stereocenters. The molecule has 0 aromatic heterocycles. The van der Waals surface area contributed by atoms with Gasteiger partial charge in [0.05, 0.1) is 11.6 Å². The summed E-state index contributed by atoms with van der Waals surface area (Å²) in [4.78, 5) is 69.3. The zero-order valence-corrected chi connectivity index (χ0v) is 30.4. The number of carbonyl (C=O) groups is 5. The molecule has 4 rings (SSSR count). The lowest BCUT2D eigenvalue weighted by molar-refractivity contribution is -0.145. The number of hydrogen-bond donors (Lipinski definition) is 4. The Morgan fingerprint density at radius 2 is 1.69 bits per heavy atom. The van der Waals surface area contributed by atoms with Crippen LogP contribution in [0.4, 0.5) is 4.79 Å². The lowest BCUT2D eigenvalue weighted by Gasteiger charge is -2.41. The number of ketones is 1. The van der Waals surface area contributed by atoms with Crippen LogP contribution in [0.3, 0.4) is 0 Å². The van der Waals surface area contributed by atoms with Crippen molar-refractivity contribution in [3.8, 4) is 12.3 Å². The van der Waals surface area contributed by atoms with Crippen molar-refractivity contribution in [1.29, 1.82) is 0 Å². The second kappa shape index (κ2) is 14.4. The standard InChI is InChI=1S/C36H55N5O6S/c1-9-11-15-24(27(42)30(44)37-20-10-2)38-29(43)26-25-23(36(25)18-19-36)21-41(26)31(45)28(33(3,4)5)39-32(46)40-35(16-13-12-14-17-35)22-48(47)34(6,7)8/h1,10,23-26,28H,2,11-22H2,3-8H3,(H,37,44)(H,38,43)(H2,39,40,46)/t23-,24?,25-,26-,28+,48?/m0/s1. The van der Waals surface area contributed by atoms with Gasteiger partial charge >= 0.3 is 6.03 Å². The largest absolute Gasteiger partial charge is 0.616 e. The first-order valence-corrected chi connectivity index (χ1v) is 18.7. The van der Waals surface area contributed by atoms with Crippen LogP contribution < -0.4 is 21.3 Å². The Morgan fingerprint density at radius 1 is 1.04 bits per heavy atom. The van der Waals surface area contributed by atoms with Crippen LogP contribution in [0.5, 0.6) is 0 Å². The number of likely N-dealkylation sites (tertiary alicyclic amines) is 1. The van der Waals surface area contributed by atoms with Crippen LogP contribution in [-0.2, 0) is 30.4 Å². The SMILES string of the molecule is C#CCCC(NC(=O)[C@@H]1[C@@H]2[C@H](CN1C(=O)[C@@H](NC(=O)NC1(C[S+]([O-])C(C)(C)C)CCCCC1)C(C)(C)C)C21CC1)C(=O)C(=O)NCC=C. The zero-order chi connectivity index (χ0) is 35.7. The summed E-state index contributed by atoms with van der Waals surface area (Å²) in [6, 6.07) is -3.43. The van der Waals surface area contributed by atoms with Gasteiger partial charge in [-0.25, -0.2) is 4.79 Å². The van der Waals surface area contributed by atoms with E-state index in [9.17, 15) is 28.5 Å². The van der Waals surface area contributed by atoms with Gasteiger partial charge in [0.25, 0.3) is 5.91 Å². The number of fused-ring (bicyclic) bond motifs is 3. The molecule has 3 saturated carbocycles. The number of urea groups is 1.